The Bertz CT molecular complexity index is 656. The van der Waals surface area contributed by atoms with E-state index in [0.29, 0.717) is 12.2 Å². The molecule has 4 nitrogen and oxygen atoms in total. The Morgan fingerprint density at radius 1 is 1.06 bits per heavy atom. The highest BCUT2D eigenvalue weighted by molar-refractivity contribution is 9.10. The second-order valence-corrected chi connectivity index (χ2v) is 4.86. The summed E-state index contributed by atoms with van der Waals surface area (Å²) in [5.74, 6) is 0. The van der Waals surface area contributed by atoms with Gasteiger partial charge in [-0.2, -0.15) is 0 Å². The Balaban J connectivity index is 2.54. The molecule has 0 amide bonds. The third kappa shape index (κ3) is 2.46. The largest absolute Gasteiger partial charge is 0.320 e. The summed E-state index contributed by atoms with van der Waals surface area (Å²) in [5, 5.41) is 0. The number of halogens is 1. The first-order chi connectivity index (χ1) is 8.63. The van der Waals surface area contributed by atoms with Crippen LogP contribution < -0.4 is 11.1 Å². The molecule has 0 unspecified atom stereocenters. The lowest BCUT2D eigenvalue weighted by molar-refractivity contribution is 0.633. The summed E-state index contributed by atoms with van der Waals surface area (Å²) < 4.78 is 3.73. The van der Waals surface area contributed by atoms with Gasteiger partial charge in [0.25, 0.3) is 0 Å². The maximum atomic E-state index is 12.0. The molecule has 0 aliphatic rings. The third-order valence-corrected chi connectivity index (χ3v) is 3.16. The molecule has 2 rings (SSSR count). The van der Waals surface area contributed by atoms with Crippen molar-refractivity contribution in [2.75, 3.05) is 0 Å². The topological polar surface area (TPSA) is 44.0 Å². The van der Waals surface area contributed by atoms with E-state index in [-0.39, 0.29) is 0 Å². The summed E-state index contributed by atoms with van der Waals surface area (Å²) in [4.78, 5) is 23.8. The molecule has 0 fully saturated rings. The SMILES string of the molecule is CCCn1ccn(-c2ccc(Br)cc2)c(=O)c1=O. The number of benzene rings is 1. The van der Waals surface area contributed by atoms with Gasteiger partial charge in [-0.15, -0.1) is 0 Å². The molecular formula is C13H13BrN2O2. The summed E-state index contributed by atoms with van der Waals surface area (Å²) in [6.45, 7) is 2.53. The molecule has 5 heteroatoms. The normalized spacial score (nSPS) is 10.6. The zero-order chi connectivity index (χ0) is 13.1. The summed E-state index contributed by atoms with van der Waals surface area (Å²) in [6.07, 6.45) is 4.10. The second kappa shape index (κ2) is 5.35. The number of aryl methyl sites for hydroxylation is 1. The molecule has 1 aromatic carbocycles. The molecule has 0 aliphatic carbocycles. The number of aromatic nitrogens is 2. The van der Waals surface area contributed by atoms with Gasteiger partial charge in [-0.1, -0.05) is 22.9 Å². The van der Waals surface area contributed by atoms with Crippen molar-refractivity contribution in [1.82, 2.24) is 9.13 Å². The molecule has 2 aromatic rings. The van der Waals surface area contributed by atoms with Crippen molar-refractivity contribution in [3.63, 3.8) is 0 Å². The average molecular weight is 309 g/mol. The van der Waals surface area contributed by atoms with Crippen molar-refractivity contribution in [2.24, 2.45) is 0 Å². The maximum Gasteiger partial charge on any atom is 0.320 e. The van der Waals surface area contributed by atoms with E-state index in [1.54, 1.807) is 24.5 Å². The lowest BCUT2D eigenvalue weighted by Gasteiger charge is -2.08. The highest BCUT2D eigenvalue weighted by atomic mass is 79.9. The monoisotopic (exact) mass is 308 g/mol. The van der Waals surface area contributed by atoms with Crippen LogP contribution in [0.15, 0.2) is 50.7 Å². The van der Waals surface area contributed by atoms with Crippen LogP contribution in [0.25, 0.3) is 5.69 Å². The minimum atomic E-state index is -0.520. The predicted molar refractivity (Wildman–Crippen MR) is 74.3 cm³/mol. The fraction of sp³-hybridized carbons (Fsp3) is 0.231. The first-order valence-electron chi connectivity index (χ1n) is 5.71. The Labute approximate surface area is 113 Å². The fourth-order valence-electron chi connectivity index (χ4n) is 1.73. The van der Waals surface area contributed by atoms with E-state index in [4.69, 9.17) is 0 Å². The van der Waals surface area contributed by atoms with E-state index in [2.05, 4.69) is 15.9 Å². The van der Waals surface area contributed by atoms with E-state index < -0.39 is 11.1 Å². The summed E-state index contributed by atoms with van der Waals surface area (Å²) in [5.41, 5.74) is -0.320. The molecule has 0 N–H and O–H groups in total. The van der Waals surface area contributed by atoms with Crippen molar-refractivity contribution in [3.8, 4) is 5.69 Å². The highest BCUT2D eigenvalue weighted by Gasteiger charge is 2.05. The smallest absolute Gasteiger partial charge is 0.309 e. The molecule has 1 heterocycles. The molecule has 18 heavy (non-hydrogen) atoms. The molecule has 0 saturated heterocycles. The Kier molecular flexibility index (Phi) is 3.81. The van der Waals surface area contributed by atoms with Gasteiger partial charge in [0.2, 0.25) is 0 Å². The van der Waals surface area contributed by atoms with Crippen molar-refractivity contribution in [3.05, 3.63) is 61.8 Å². The number of hydrogen-bond donors (Lipinski definition) is 0. The molecule has 94 valence electrons. The van der Waals surface area contributed by atoms with Crippen molar-refractivity contribution in [1.29, 1.82) is 0 Å². The minimum absolute atomic E-state index is 0.484. The van der Waals surface area contributed by atoms with Crippen LogP contribution in [0.4, 0.5) is 0 Å². The van der Waals surface area contributed by atoms with Gasteiger partial charge in [-0.25, -0.2) is 0 Å². The van der Waals surface area contributed by atoms with Crippen LogP contribution >= 0.6 is 15.9 Å². The van der Waals surface area contributed by atoms with Gasteiger partial charge < -0.3 is 4.57 Å². The van der Waals surface area contributed by atoms with Crippen LogP contribution in [-0.4, -0.2) is 9.13 Å². The van der Waals surface area contributed by atoms with Gasteiger partial charge in [-0.3, -0.25) is 14.2 Å². The first-order valence-corrected chi connectivity index (χ1v) is 6.51. The fourth-order valence-corrected chi connectivity index (χ4v) is 1.99. The number of hydrogen-bond acceptors (Lipinski definition) is 2. The van der Waals surface area contributed by atoms with E-state index >= 15 is 0 Å². The average Bonchev–Trinajstić information content (AvgIpc) is 2.37. The van der Waals surface area contributed by atoms with Crippen molar-refractivity contribution >= 4 is 15.9 Å². The van der Waals surface area contributed by atoms with Crippen LogP contribution in [0.1, 0.15) is 13.3 Å². The Morgan fingerprint density at radius 2 is 1.72 bits per heavy atom. The number of nitrogens with zero attached hydrogens (tertiary/aromatic N) is 2. The minimum Gasteiger partial charge on any atom is -0.309 e. The third-order valence-electron chi connectivity index (χ3n) is 2.63. The molecule has 0 bridgehead atoms. The molecule has 0 aliphatic heterocycles. The first kappa shape index (κ1) is 12.8. The molecule has 0 saturated carbocycles. The molecule has 1 aromatic heterocycles. The quantitative estimate of drug-likeness (QED) is 0.816. The summed E-state index contributed by atoms with van der Waals surface area (Å²) >= 11 is 3.33. The van der Waals surface area contributed by atoms with Crippen molar-refractivity contribution in [2.45, 2.75) is 19.9 Å². The Hall–Kier alpha value is -1.62. The standard InChI is InChI=1S/C13H13BrN2O2/c1-2-7-15-8-9-16(13(18)12(15)17)11-5-3-10(14)4-6-11/h3-6,8-9H,2,7H2,1H3. The zero-order valence-electron chi connectivity index (χ0n) is 9.97. The second-order valence-electron chi connectivity index (χ2n) is 3.95. The van der Waals surface area contributed by atoms with Gasteiger partial charge in [0.1, 0.15) is 0 Å². The highest BCUT2D eigenvalue weighted by Crippen LogP contribution is 2.12. The Morgan fingerprint density at radius 3 is 2.33 bits per heavy atom. The predicted octanol–water partition coefficient (Wildman–Crippen LogP) is 2.17. The zero-order valence-corrected chi connectivity index (χ0v) is 11.6. The molecule has 0 radical (unpaired) electrons. The van der Waals surface area contributed by atoms with Crippen molar-refractivity contribution < 1.29 is 0 Å². The van der Waals surface area contributed by atoms with Crippen LogP contribution in [0.3, 0.4) is 0 Å². The van der Waals surface area contributed by atoms with Crippen LogP contribution in [-0.2, 0) is 6.54 Å². The van der Waals surface area contributed by atoms with Crippen LogP contribution in [0.5, 0.6) is 0 Å². The van der Waals surface area contributed by atoms with Gasteiger partial charge >= 0.3 is 11.1 Å². The van der Waals surface area contributed by atoms with Gasteiger partial charge in [-0.05, 0) is 30.7 Å². The van der Waals surface area contributed by atoms with Crippen LogP contribution in [0.2, 0.25) is 0 Å². The van der Waals surface area contributed by atoms with E-state index in [9.17, 15) is 9.59 Å². The van der Waals surface area contributed by atoms with Gasteiger partial charge in [0.05, 0.1) is 0 Å². The maximum absolute atomic E-state index is 12.0. The van der Waals surface area contributed by atoms with Gasteiger partial charge in [0, 0.05) is 29.1 Å². The lowest BCUT2D eigenvalue weighted by atomic mass is 10.3. The summed E-state index contributed by atoms with van der Waals surface area (Å²) in [7, 11) is 0. The molecule has 0 atom stereocenters. The van der Waals surface area contributed by atoms with Gasteiger partial charge in [0.15, 0.2) is 0 Å². The van der Waals surface area contributed by atoms with Crippen LogP contribution in [0, 0.1) is 0 Å². The van der Waals surface area contributed by atoms with E-state index in [1.165, 1.54) is 9.13 Å². The lowest BCUT2D eigenvalue weighted by Crippen LogP contribution is -2.39. The molecule has 0 spiro atoms. The van der Waals surface area contributed by atoms with E-state index in [1.807, 2.05) is 19.1 Å². The molecular weight excluding hydrogens is 296 g/mol. The summed E-state index contributed by atoms with van der Waals surface area (Å²) in [6, 6.07) is 7.24. The number of rotatable bonds is 3. The van der Waals surface area contributed by atoms with E-state index in [0.717, 1.165) is 10.9 Å².